The van der Waals surface area contributed by atoms with E-state index in [0.717, 1.165) is 25.7 Å². The smallest absolute Gasteiger partial charge is 0.306 e. The van der Waals surface area contributed by atoms with E-state index in [4.69, 9.17) is 0 Å². The largest absolute Gasteiger partial charge is 0.508 e. The highest BCUT2D eigenvalue weighted by atomic mass is 16.4. The van der Waals surface area contributed by atoms with Gasteiger partial charge < -0.3 is 15.3 Å². The molecule has 0 aromatic heterocycles. The molecule has 1 aromatic rings. The average Bonchev–Trinajstić information content (AvgIpc) is 2.79. The van der Waals surface area contributed by atoms with E-state index < -0.39 is 18.0 Å². The van der Waals surface area contributed by atoms with Crippen molar-refractivity contribution in [3.05, 3.63) is 29.3 Å². The summed E-state index contributed by atoms with van der Waals surface area (Å²) < 4.78 is 0. The molecule has 0 aliphatic heterocycles. The molecule has 0 unspecified atom stereocenters. The van der Waals surface area contributed by atoms with Gasteiger partial charge in [0.05, 0.1) is 12.0 Å². The first kappa shape index (κ1) is 15.0. The lowest BCUT2D eigenvalue weighted by Crippen LogP contribution is -2.46. The van der Waals surface area contributed by atoms with Crippen molar-refractivity contribution in [1.82, 2.24) is 0 Å². The molecule has 3 aliphatic carbocycles. The third kappa shape index (κ3) is 2.04. The molecule has 0 amide bonds. The van der Waals surface area contributed by atoms with E-state index in [1.807, 2.05) is 12.1 Å². The van der Waals surface area contributed by atoms with Crippen molar-refractivity contribution in [2.75, 3.05) is 0 Å². The van der Waals surface area contributed by atoms with Crippen molar-refractivity contribution >= 4 is 5.97 Å². The number of phenols is 1. The minimum absolute atomic E-state index is 0.0516. The molecule has 4 heteroatoms. The molecule has 1 aromatic carbocycles. The Morgan fingerprint density at radius 1 is 1.30 bits per heavy atom. The van der Waals surface area contributed by atoms with E-state index in [2.05, 4.69) is 6.92 Å². The molecule has 6 atom stereocenters. The second-order valence-electron chi connectivity index (χ2n) is 7.96. The van der Waals surface area contributed by atoms with E-state index in [1.165, 1.54) is 11.1 Å². The molecule has 3 N–H and O–H groups in total. The summed E-state index contributed by atoms with van der Waals surface area (Å²) in [6.07, 6.45) is 3.61. The molecule has 2 fully saturated rings. The Bertz CT molecular complexity index is 655. The van der Waals surface area contributed by atoms with Crippen LogP contribution >= 0.6 is 0 Å². The number of hydrogen-bond acceptors (Lipinski definition) is 3. The summed E-state index contributed by atoms with van der Waals surface area (Å²) in [5.41, 5.74) is 2.23. The lowest BCUT2D eigenvalue weighted by molar-refractivity contribution is -0.145. The maximum Gasteiger partial charge on any atom is 0.306 e. The fourth-order valence-electron chi connectivity index (χ4n) is 5.90. The normalized spacial score (nSPS) is 41.7. The van der Waals surface area contributed by atoms with Crippen molar-refractivity contribution in [2.45, 2.75) is 51.0 Å². The Morgan fingerprint density at radius 3 is 2.83 bits per heavy atom. The van der Waals surface area contributed by atoms with Crippen molar-refractivity contribution in [3.63, 3.8) is 0 Å². The number of carboxylic acids is 1. The van der Waals surface area contributed by atoms with E-state index in [9.17, 15) is 20.1 Å². The number of rotatable bonds is 1. The Labute approximate surface area is 136 Å². The molecule has 2 saturated carbocycles. The summed E-state index contributed by atoms with van der Waals surface area (Å²) in [6, 6.07) is 5.62. The van der Waals surface area contributed by atoms with Gasteiger partial charge in [-0.25, -0.2) is 0 Å². The van der Waals surface area contributed by atoms with E-state index >= 15 is 0 Å². The number of hydrogen-bond donors (Lipinski definition) is 3. The van der Waals surface area contributed by atoms with Crippen LogP contribution in [0, 0.1) is 23.2 Å². The molecular formula is C19H24O4. The zero-order chi connectivity index (χ0) is 16.4. The minimum atomic E-state index is -0.755. The maximum absolute atomic E-state index is 11.8. The predicted octanol–water partition coefficient (Wildman–Crippen LogP) is 2.92. The Kier molecular flexibility index (Phi) is 3.24. The van der Waals surface area contributed by atoms with Crippen molar-refractivity contribution in [1.29, 1.82) is 0 Å². The molecule has 0 saturated heterocycles. The van der Waals surface area contributed by atoms with Crippen LogP contribution in [-0.4, -0.2) is 27.4 Å². The lowest BCUT2D eigenvalue weighted by atomic mass is 9.54. The molecule has 124 valence electrons. The SMILES string of the molecule is C[C@]12CC[C@@H]3c4ccc(O)cc4CC[C@H]3[C@@H]1[C@@H](C(=O)O)C[C@@H]2O. The Morgan fingerprint density at radius 2 is 2.09 bits per heavy atom. The second kappa shape index (κ2) is 4.97. The highest BCUT2D eigenvalue weighted by Crippen LogP contribution is 2.62. The van der Waals surface area contributed by atoms with Gasteiger partial charge in [-0.3, -0.25) is 4.79 Å². The zero-order valence-corrected chi connectivity index (χ0v) is 13.4. The highest BCUT2D eigenvalue weighted by Gasteiger charge is 2.60. The van der Waals surface area contributed by atoms with Crippen LogP contribution in [0.5, 0.6) is 5.75 Å². The van der Waals surface area contributed by atoms with Gasteiger partial charge in [0, 0.05) is 0 Å². The lowest BCUT2D eigenvalue weighted by Gasteiger charge is -2.50. The van der Waals surface area contributed by atoms with Gasteiger partial charge in [0.2, 0.25) is 0 Å². The van der Waals surface area contributed by atoms with Crippen LogP contribution in [0.1, 0.15) is 49.7 Å². The fourth-order valence-corrected chi connectivity index (χ4v) is 5.90. The molecule has 0 heterocycles. The molecule has 4 rings (SSSR count). The number of phenolic OH excluding ortho intramolecular Hbond substituents is 1. The third-order valence-corrected chi connectivity index (χ3v) is 7.00. The van der Waals surface area contributed by atoms with Crippen LogP contribution in [0.3, 0.4) is 0 Å². The van der Waals surface area contributed by atoms with Crippen LogP contribution in [-0.2, 0) is 11.2 Å². The number of fused-ring (bicyclic) bond motifs is 5. The number of benzene rings is 1. The zero-order valence-electron chi connectivity index (χ0n) is 13.4. The third-order valence-electron chi connectivity index (χ3n) is 7.00. The molecule has 4 nitrogen and oxygen atoms in total. The number of aliphatic hydroxyl groups excluding tert-OH is 1. The summed E-state index contributed by atoms with van der Waals surface area (Å²) in [5, 5.41) is 29.9. The molecular weight excluding hydrogens is 292 g/mol. The topological polar surface area (TPSA) is 77.8 Å². The van der Waals surface area contributed by atoms with Gasteiger partial charge in [0.15, 0.2) is 0 Å². The number of aliphatic hydroxyl groups is 1. The monoisotopic (exact) mass is 316 g/mol. The molecule has 0 radical (unpaired) electrons. The van der Waals surface area contributed by atoms with Crippen molar-refractivity contribution < 1.29 is 20.1 Å². The number of aryl methyl sites for hydroxylation is 1. The molecule has 3 aliphatic rings. The van der Waals surface area contributed by atoms with Crippen LogP contribution in [0.2, 0.25) is 0 Å². The summed E-state index contributed by atoms with van der Waals surface area (Å²) in [4.78, 5) is 11.8. The van der Waals surface area contributed by atoms with E-state index in [1.54, 1.807) is 6.07 Å². The summed E-state index contributed by atoms with van der Waals surface area (Å²) in [7, 11) is 0. The summed E-state index contributed by atoms with van der Waals surface area (Å²) in [6.45, 7) is 2.09. The maximum atomic E-state index is 11.8. The number of carbonyl (C=O) groups is 1. The first-order valence-electron chi connectivity index (χ1n) is 8.64. The number of carboxylic acid groups (broad SMARTS) is 1. The van der Waals surface area contributed by atoms with Crippen LogP contribution < -0.4 is 0 Å². The van der Waals surface area contributed by atoms with E-state index in [-0.39, 0.29) is 11.3 Å². The first-order valence-corrected chi connectivity index (χ1v) is 8.64. The second-order valence-corrected chi connectivity index (χ2v) is 7.96. The number of aromatic hydroxyl groups is 1. The van der Waals surface area contributed by atoms with Gasteiger partial charge in [-0.2, -0.15) is 0 Å². The Hall–Kier alpha value is -1.55. The quantitative estimate of drug-likeness (QED) is 0.744. The van der Waals surface area contributed by atoms with Gasteiger partial charge in [-0.1, -0.05) is 13.0 Å². The van der Waals surface area contributed by atoms with Gasteiger partial charge in [-0.05, 0) is 78.5 Å². The molecule has 0 bridgehead atoms. The average molecular weight is 316 g/mol. The molecule has 0 spiro atoms. The predicted molar refractivity (Wildman–Crippen MR) is 85.2 cm³/mol. The van der Waals surface area contributed by atoms with Gasteiger partial charge in [0.25, 0.3) is 0 Å². The van der Waals surface area contributed by atoms with Crippen molar-refractivity contribution in [2.24, 2.45) is 23.2 Å². The van der Waals surface area contributed by atoms with Gasteiger partial charge in [-0.15, -0.1) is 0 Å². The summed E-state index contributed by atoms with van der Waals surface area (Å²) in [5.74, 6) is -0.136. The highest BCUT2D eigenvalue weighted by molar-refractivity contribution is 5.71. The van der Waals surface area contributed by atoms with Crippen LogP contribution in [0.15, 0.2) is 18.2 Å². The van der Waals surface area contributed by atoms with E-state index in [0.29, 0.717) is 24.0 Å². The van der Waals surface area contributed by atoms with Gasteiger partial charge >= 0.3 is 5.97 Å². The number of aliphatic carboxylic acids is 1. The minimum Gasteiger partial charge on any atom is -0.508 e. The fraction of sp³-hybridized carbons (Fsp3) is 0.632. The van der Waals surface area contributed by atoms with Crippen molar-refractivity contribution in [3.8, 4) is 5.75 Å². The standard InChI is InChI=1S/C19H24O4/c1-19-7-6-13-12-5-3-11(20)8-10(12)2-4-14(13)17(19)15(18(22)23)9-16(19)21/h3,5,8,13-17,20-21H,2,4,6-7,9H2,1H3,(H,22,23)/t13-,14-,15+,16+,17-,19-/m1/s1. The van der Waals surface area contributed by atoms with Crippen LogP contribution in [0.25, 0.3) is 0 Å². The first-order chi connectivity index (χ1) is 10.9. The molecule has 23 heavy (non-hydrogen) atoms. The Balaban J connectivity index is 1.75. The summed E-state index contributed by atoms with van der Waals surface area (Å²) >= 11 is 0. The van der Waals surface area contributed by atoms with Gasteiger partial charge in [0.1, 0.15) is 5.75 Å². The van der Waals surface area contributed by atoms with Crippen LogP contribution in [0.4, 0.5) is 0 Å².